The van der Waals surface area contributed by atoms with Crippen LogP contribution >= 0.6 is 0 Å². The third-order valence-electron chi connectivity index (χ3n) is 3.05. The molecule has 7 nitrogen and oxygen atoms in total. The molecule has 1 aliphatic carbocycles. The topological polar surface area (TPSA) is 97.1 Å². The molecule has 1 aromatic heterocycles. The van der Waals surface area contributed by atoms with Crippen LogP contribution in [0.2, 0.25) is 0 Å². The molecule has 1 unspecified atom stereocenters. The lowest BCUT2D eigenvalue weighted by atomic mass is 10.1. The van der Waals surface area contributed by atoms with Gasteiger partial charge in [-0.1, -0.05) is 5.21 Å². The molecule has 0 aromatic carbocycles. The van der Waals surface area contributed by atoms with Crippen LogP contribution in [0.25, 0.3) is 0 Å². The summed E-state index contributed by atoms with van der Waals surface area (Å²) >= 11 is 0. The zero-order valence-corrected chi connectivity index (χ0v) is 9.41. The summed E-state index contributed by atoms with van der Waals surface area (Å²) in [5.41, 5.74) is 0. The van der Waals surface area contributed by atoms with Crippen LogP contribution in [0.1, 0.15) is 25.8 Å². The van der Waals surface area contributed by atoms with Crippen molar-refractivity contribution in [2.75, 3.05) is 0 Å². The minimum Gasteiger partial charge on any atom is -0.481 e. The molecule has 1 saturated carbocycles. The number of hydrogen-bond donors (Lipinski definition) is 2. The zero-order valence-electron chi connectivity index (χ0n) is 9.41. The molecule has 1 fully saturated rings. The average molecular weight is 238 g/mol. The molecule has 1 aromatic rings. The van der Waals surface area contributed by atoms with E-state index in [1.807, 2.05) is 0 Å². The van der Waals surface area contributed by atoms with Crippen molar-refractivity contribution in [3.05, 3.63) is 12.4 Å². The van der Waals surface area contributed by atoms with Crippen LogP contribution in [0.5, 0.6) is 0 Å². The van der Waals surface area contributed by atoms with Crippen molar-refractivity contribution >= 4 is 11.9 Å². The number of carbonyl (C=O) groups is 2. The molecule has 0 spiro atoms. The van der Waals surface area contributed by atoms with E-state index in [9.17, 15) is 9.59 Å². The predicted molar refractivity (Wildman–Crippen MR) is 57.0 cm³/mol. The maximum atomic E-state index is 11.1. The Morgan fingerprint density at radius 3 is 2.76 bits per heavy atom. The molecule has 0 bridgehead atoms. The number of nitrogens with one attached hydrogen (secondary N) is 1. The van der Waals surface area contributed by atoms with Crippen LogP contribution in [0.4, 0.5) is 0 Å². The largest absolute Gasteiger partial charge is 0.481 e. The van der Waals surface area contributed by atoms with Gasteiger partial charge in [-0.05, 0) is 12.8 Å². The lowest BCUT2D eigenvalue weighted by Crippen LogP contribution is -2.37. The van der Waals surface area contributed by atoms with Crippen LogP contribution in [0, 0.1) is 5.92 Å². The number of carbonyl (C=O) groups excluding carboxylic acids is 1. The Kier molecular flexibility index (Phi) is 3.08. The zero-order chi connectivity index (χ0) is 12.4. The lowest BCUT2D eigenvalue weighted by molar-refractivity contribution is -0.141. The van der Waals surface area contributed by atoms with E-state index in [0.29, 0.717) is 12.8 Å². The summed E-state index contributed by atoms with van der Waals surface area (Å²) in [4.78, 5) is 22.1. The van der Waals surface area contributed by atoms with E-state index in [4.69, 9.17) is 5.11 Å². The maximum Gasteiger partial charge on any atom is 0.306 e. The molecular formula is C10H14N4O3. The fraction of sp³-hybridized carbons (Fsp3) is 0.600. The lowest BCUT2D eigenvalue weighted by Gasteiger charge is -2.19. The van der Waals surface area contributed by atoms with E-state index in [2.05, 4.69) is 15.6 Å². The molecule has 17 heavy (non-hydrogen) atoms. The van der Waals surface area contributed by atoms with Gasteiger partial charge in [0.05, 0.1) is 24.2 Å². The Hall–Kier alpha value is -1.92. The van der Waals surface area contributed by atoms with E-state index in [1.165, 1.54) is 6.92 Å². The number of carboxylic acids is 1. The van der Waals surface area contributed by atoms with E-state index in [0.717, 1.165) is 0 Å². The van der Waals surface area contributed by atoms with Gasteiger partial charge in [0.1, 0.15) is 0 Å². The highest BCUT2D eigenvalue weighted by atomic mass is 16.4. The van der Waals surface area contributed by atoms with E-state index in [-0.39, 0.29) is 18.0 Å². The van der Waals surface area contributed by atoms with Gasteiger partial charge in [-0.2, -0.15) is 0 Å². The summed E-state index contributed by atoms with van der Waals surface area (Å²) in [6, 6.07) is -0.335. The molecule has 7 heteroatoms. The first-order valence-corrected chi connectivity index (χ1v) is 5.43. The van der Waals surface area contributed by atoms with Gasteiger partial charge in [-0.25, -0.2) is 4.68 Å². The molecule has 92 valence electrons. The number of amides is 1. The van der Waals surface area contributed by atoms with Crippen LogP contribution in [-0.4, -0.2) is 38.0 Å². The summed E-state index contributed by atoms with van der Waals surface area (Å²) < 4.78 is 1.61. The van der Waals surface area contributed by atoms with Gasteiger partial charge in [0, 0.05) is 13.1 Å². The number of hydrogen-bond acceptors (Lipinski definition) is 4. The number of aliphatic carboxylic acids is 1. The quantitative estimate of drug-likeness (QED) is 0.761. The Morgan fingerprint density at radius 2 is 2.24 bits per heavy atom. The molecule has 0 radical (unpaired) electrons. The van der Waals surface area contributed by atoms with Gasteiger partial charge in [0.2, 0.25) is 5.91 Å². The second kappa shape index (κ2) is 4.52. The second-order valence-electron chi connectivity index (χ2n) is 4.26. The van der Waals surface area contributed by atoms with Crippen molar-refractivity contribution < 1.29 is 14.7 Å². The highest BCUT2D eigenvalue weighted by Crippen LogP contribution is 2.34. The molecule has 0 saturated heterocycles. The number of nitrogens with zero attached hydrogens (tertiary/aromatic N) is 3. The van der Waals surface area contributed by atoms with Gasteiger partial charge >= 0.3 is 5.97 Å². The first kappa shape index (κ1) is 11.6. The fourth-order valence-corrected chi connectivity index (χ4v) is 2.32. The Balaban J connectivity index is 2.16. The van der Waals surface area contributed by atoms with E-state index < -0.39 is 11.9 Å². The predicted octanol–water partition coefficient (Wildman–Crippen LogP) is -0.182. The average Bonchev–Trinajstić information content (AvgIpc) is 2.83. The summed E-state index contributed by atoms with van der Waals surface area (Å²) in [6.45, 7) is 1.42. The van der Waals surface area contributed by atoms with E-state index in [1.54, 1.807) is 17.1 Å². The van der Waals surface area contributed by atoms with E-state index >= 15 is 0 Å². The molecule has 1 aliphatic rings. The fourth-order valence-electron chi connectivity index (χ4n) is 2.32. The van der Waals surface area contributed by atoms with Crippen LogP contribution in [-0.2, 0) is 9.59 Å². The molecule has 3 atom stereocenters. The number of carboxylic acid groups (broad SMARTS) is 1. The normalized spacial score (nSPS) is 27.9. The molecule has 1 heterocycles. The Labute approximate surface area is 97.8 Å². The summed E-state index contributed by atoms with van der Waals surface area (Å²) in [5.74, 6) is -1.44. The molecule has 2 rings (SSSR count). The number of rotatable bonds is 3. The molecular weight excluding hydrogens is 224 g/mol. The van der Waals surface area contributed by atoms with Crippen molar-refractivity contribution in [3.8, 4) is 0 Å². The molecule has 1 amide bonds. The Bertz CT molecular complexity index is 417. The van der Waals surface area contributed by atoms with Gasteiger partial charge < -0.3 is 10.4 Å². The van der Waals surface area contributed by atoms with Crippen molar-refractivity contribution in [2.45, 2.75) is 31.8 Å². The van der Waals surface area contributed by atoms with Crippen molar-refractivity contribution in [1.82, 2.24) is 20.3 Å². The van der Waals surface area contributed by atoms with Gasteiger partial charge in [-0.15, -0.1) is 5.10 Å². The Morgan fingerprint density at radius 1 is 1.47 bits per heavy atom. The van der Waals surface area contributed by atoms with Crippen LogP contribution in [0.15, 0.2) is 12.4 Å². The molecule has 0 aliphatic heterocycles. The van der Waals surface area contributed by atoms with Gasteiger partial charge in [-0.3, -0.25) is 9.59 Å². The highest BCUT2D eigenvalue weighted by Gasteiger charge is 2.39. The minimum atomic E-state index is -0.831. The standard InChI is InChI=1S/C10H14N4O3/c1-6(15)12-8-4-7(10(16)17)5-9(8)14-3-2-11-13-14/h2-3,7-9H,4-5H2,1H3,(H,12,15)(H,16,17)/t7?,8-,9+/m1/s1. The van der Waals surface area contributed by atoms with Crippen LogP contribution in [0.3, 0.4) is 0 Å². The van der Waals surface area contributed by atoms with Crippen molar-refractivity contribution in [3.63, 3.8) is 0 Å². The minimum absolute atomic E-state index is 0.137. The maximum absolute atomic E-state index is 11.1. The summed E-state index contributed by atoms with van der Waals surface area (Å²) in [5, 5.41) is 19.4. The van der Waals surface area contributed by atoms with Crippen LogP contribution < -0.4 is 5.32 Å². The summed E-state index contributed by atoms with van der Waals surface area (Å²) in [7, 11) is 0. The first-order valence-electron chi connectivity index (χ1n) is 5.43. The van der Waals surface area contributed by atoms with Gasteiger partial charge in [0.25, 0.3) is 0 Å². The van der Waals surface area contributed by atoms with Gasteiger partial charge in [0.15, 0.2) is 0 Å². The summed E-state index contributed by atoms with van der Waals surface area (Å²) in [6.07, 6.45) is 4.12. The number of aromatic nitrogens is 3. The van der Waals surface area contributed by atoms with Crippen molar-refractivity contribution in [1.29, 1.82) is 0 Å². The third kappa shape index (κ3) is 2.43. The first-order chi connectivity index (χ1) is 8.08. The monoisotopic (exact) mass is 238 g/mol. The molecule has 2 N–H and O–H groups in total. The smallest absolute Gasteiger partial charge is 0.306 e. The van der Waals surface area contributed by atoms with Crippen molar-refractivity contribution in [2.24, 2.45) is 5.92 Å². The SMILES string of the molecule is CC(=O)N[C@@H]1CC(C(=O)O)C[C@@H]1n1ccnn1. The third-order valence-corrected chi connectivity index (χ3v) is 3.05. The second-order valence-corrected chi connectivity index (χ2v) is 4.26. The highest BCUT2D eigenvalue weighted by molar-refractivity contribution is 5.74.